The van der Waals surface area contributed by atoms with Crippen LogP contribution in [0.2, 0.25) is 5.02 Å². The van der Waals surface area contributed by atoms with Crippen molar-refractivity contribution in [1.29, 1.82) is 0 Å². The van der Waals surface area contributed by atoms with Gasteiger partial charge in [0.15, 0.2) is 0 Å². The summed E-state index contributed by atoms with van der Waals surface area (Å²) in [6, 6.07) is 6.87. The maximum Gasteiger partial charge on any atom is 0.319 e. The highest BCUT2D eigenvalue weighted by atomic mass is 35.5. The van der Waals surface area contributed by atoms with E-state index in [9.17, 15) is 4.79 Å². The van der Waals surface area contributed by atoms with E-state index in [-0.39, 0.29) is 6.03 Å². The van der Waals surface area contributed by atoms with E-state index in [1.54, 1.807) is 12.1 Å². The zero-order chi connectivity index (χ0) is 15.4. The van der Waals surface area contributed by atoms with Crippen molar-refractivity contribution in [3.05, 3.63) is 40.9 Å². The molecule has 0 aliphatic carbocycles. The molecule has 22 heavy (non-hydrogen) atoms. The summed E-state index contributed by atoms with van der Waals surface area (Å²) in [7, 11) is 0. The minimum atomic E-state index is -0.272. The first-order valence-corrected chi connectivity index (χ1v) is 7.82. The number of aromatic nitrogens is 3. The number of aryl methyl sites for hydroxylation is 1. The van der Waals surface area contributed by atoms with Gasteiger partial charge in [-0.05, 0) is 25.0 Å². The van der Waals surface area contributed by atoms with E-state index in [1.807, 2.05) is 12.1 Å². The molecule has 1 aromatic carbocycles. The van der Waals surface area contributed by atoms with Gasteiger partial charge in [0.1, 0.15) is 11.6 Å². The van der Waals surface area contributed by atoms with Crippen molar-refractivity contribution in [3.8, 4) is 0 Å². The van der Waals surface area contributed by atoms with Crippen molar-refractivity contribution < 1.29 is 4.79 Å². The number of rotatable bonds is 4. The van der Waals surface area contributed by atoms with Gasteiger partial charge in [0.2, 0.25) is 0 Å². The Bertz CT molecular complexity index is 670. The van der Waals surface area contributed by atoms with Crippen LogP contribution in [0.15, 0.2) is 24.3 Å². The van der Waals surface area contributed by atoms with Crippen molar-refractivity contribution in [2.24, 2.45) is 0 Å². The molecule has 6 nitrogen and oxygen atoms in total. The van der Waals surface area contributed by atoms with Crippen LogP contribution in [0.25, 0.3) is 0 Å². The molecule has 2 amide bonds. The molecule has 1 aliphatic rings. The number of carbonyl (C=O) groups excluding carboxylic acids is 1. The Kier molecular flexibility index (Phi) is 4.58. The normalized spacial score (nSPS) is 13.5. The first-order valence-electron chi connectivity index (χ1n) is 7.44. The minimum Gasteiger partial charge on any atom is -0.337 e. The molecule has 0 saturated carbocycles. The van der Waals surface area contributed by atoms with Crippen LogP contribution in [0.3, 0.4) is 0 Å². The number of fused-ring (bicyclic) bond motifs is 1. The molecule has 0 unspecified atom stereocenters. The predicted octanol–water partition coefficient (Wildman–Crippen LogP) is 2.63. The number of carbonyl (C=O) groups is 1. The summed E-state index contributed by atoms with van der Waals surface area (Å²) < 4.78 is 2.16. The molecule has 2 N–H and O–H groups in total. The molecule has 0 bridgehead atoms. The number of hydrogen-bond donors (Lipinski definition) is 2. The van der Waals surface area contributed by atoms with E-state index < -0.39 is 0 Å². The lowest BCUT2D eigenvalue weighted by molar-refractivity contribution is 0.252. The third-order valence-corrected chi connectivity index (χ3v) is 4.02. The lowest BCUT2D eigenvalue weighted by atomic mass is 10.1. The predicted molar refractivity (Wildman–Crippen MR) is 85.1 cm³/mol. The highest BCUT2D eigenvalue weighted by molar-refractivity contribution is 6.33. The summed E-state index contributed by atoms with van der Waals surface area (Å²) in [6.07, 6.45) is 4.01. The monoisotopic (exact) mass is 319 g/mol. The first-order chi connectivity index (χ1) is 10.7. The smallest absolute Gasteiger partial charge is 0.319 e. The van der Waals surface area contributed by atoms with E-state index in [0.29, 0.717) is 23.7 Å². The summed E-state index contributed by atoms with van der Waals surface area (Å²) in [4.78, 5) is 11.9. The van der Waals surface area contributed by atoms with Crippen LogP contribution in [-0.4, -0.2) is 27.3 Å². The standard InChI is InChI=1S/C15H18ClN5O/c16-11-5-1-2-6-12(11)18-15(22)17-9-8-14-20-19-13-7-3-4-10-21(13)14/h1-2,5-6H,3-4,7-10H2,(H2,17,18,22). The molecule has 2 heterocycles. The first kappa shape index (κ1) is 14.8. The summed E-state index contributed by atoms with van der Waals surface area (Å²) in [5, 5.41) is 14.5. The Hall–Kier alpha value is -2.08. The van der Waals surface area contributed by atoms with Gasteiger partial charge < -0.3 is 15.2 Å². The average Bonchev–Trinajstić information content (AvgIpc) is 2.93. The van der Waals surface area contributed by atoms with Gasteiger partial charge in [-0.3, -0.25) is 0 Å². The van der Waals surface area contributed by atoms with Gasteiger partial charge in [-0.2, -0.15) is 0 Å². The molecule has 1 aliphatic heterocycles. The average molecular weight is 320 g/mol. The summed E-state index contributed by atoms with van der Waals surface area (Å²) >= 11 is 6.00. The van der Waals surface area contributed by atoms with Gasteiger partial charge in [0.05, 0.1) is 10.7 Å². The van der Waals surface area contributed by atoms with Crippen molar-refractivity contribution >= 4 is 23.3 Å². The molecule has 0 radical (unpaired) electrons. The molecular weight excluding hydrogens is 302 g/mol. The topological polar surface area (TPSA) is 71.8 Å². The molecule has 116 valence electrons. The molecular formula is C15H18ClN5O. The SMILES string of the molecule is O=C(NCCc1nnc2n1CCCC2)Nc1ccccc1Cl. The third kappa shape index (κ3) is 3.39. The van der Waals surface area contributed by atoms with Crippen LogP contribution in [-0.2, 0) is 19.4 Å². The Balaban J connectivity index is 1.50. The van der Waals surface area contributed by atoms with Crippen molar-refractivity contribution in [2.45, 2.75) is 32.2 Å². The van der Waals surface area contributed by atoms with Crippen molar-refractivity contribution in [3.63, 3.8) is 0 Å². The second-order valence-electron chi connectivity index (χ2n) is 5.25. The van der Waals surface area contributed by atoms with E-state index in [4.69, 9.17) is 11.6 Å². The van der Waals surface area contributed by atoms with Gasteiger partial charge in [-0.15, -0.1) is 10.2 Å². The molecule has 0 saturated heterocycles. The number of amides is 2. The summed E-state index contributed by atoms with van der Waals surface area (Å²) in [5.41, 5.74) is 0.599. The molecule has 1 aromatic heterocycles. The van der Waals surface area contributed by atoms with Gasteiger partial charge in [0, 0.05) is 25.9 Å². The Labute approximate surface area is 133 Å². The molecule has 7 heteroatoms. The summed E-state index contributed by atoms with van der Waals surface area (Å²) in [6.45, 7) is 1.48. The number of halogens is 1. The molecule has 0 atom stereocenters. The van der Waals surface area contributed by atoms with E-state index in [0.717, 1.165) is 24.6 Å². The Morgan fingerprint density at radius 3 is 3.00 bits per heavy atom. The lowest BCUT2D eigenvalue weighted by Crippen LogP contribution is -2.31. The lowest BCUT2D eigenvalue weighted by Gasteiger charge is -2.14. The van der Waals surface area contributed by atoms with Crippen LogP contribution in [0.1, 0.15) is 24.5 Å². The van der Waals surface area contributed by atoms with E-state index in [1.165, 1.54) is 12.8 Å². The summed E-state index contributed by atoms with van der Waals surface area (Å²) in [5.74, 6) is 1.99. The van der Waals surface area contributed by atoms with Gasteiger partial charge in [-0.25, -0.2) is 4.79 Å². The molecule has 2 aromatic rings. The number of para-hydroxylation sites is 1. The maximum absolute atomic E-state index is 11.9. The van der Waals surface area contributed by atoms with Gasteiger partial charge >= 0.3 is 6.03 Å². The van der Waals surface area contributed by atoms with E-state index >= 15 is 0 Å². The zero-order valence-electron chi connectivity index (χ0n) is 12.2. The number of nitrogens with zero attached hydrogens (tertiary/aromatic N) is 3. The van der Waals surface area contributed by atoms with Gasteiger partial charge in [-0.1, -0.05) is 23.7 Å². The second-order valence-corrected chi connectivity index (χ2v) is 5.66. The second kappa shape index (κ2) is 6.79. The minimum absolute atomic E-state index is 0.272. The number of anilines is 1. The highest BCUT2D eigenvalue weighted by Crippen LogP contribution is 2.20. The van der Waals surface area contributed by atoms with Crippen LogP contribution in [0.5, 0.6) is 0 Å². The number of urea groups is 1. The number of nitrogens with one attached hydrogen (secondary N) is 2. The van der Waals surface area contributed by atoms with Crippen molar-refractivity contribution in [1.82, 2.24) is 20.1 Å². The number of hydrogen-bond acceptors (Lipinski definition) is 3. The fourth-order valence-corrected chi connectivity index (χ4v) is 2.75. The fraction of sp³-hybridized carbons (Fsp3) is 0.400. The number of benzene rings is 1. The van der Waals surface area contributed by atoms with E-state index in [2.05, 4.69) is 25.4 Å². The largest absolute Gasteiger partial charge is 0.337 e. The zero-order valence-corrected chi connectivity index (χ0v) is 12.9. The van der Waals surface area contributed by atoms with Crippen molar-refractivity contribution in [2.75, 3.05) is 11.9 Å². The Morgan fingerprint density at radius 1 is 1.27 bits per heavy atom. The maximum atomic E-state index is 11.9. The molecule has 0 fully saturated rings. The third-order valence-electron chi connectivity index (χ3n) is 3.69. The Morgan fingerprint density at radius 2 is 2.14 bits per heavy atom. The molecule has 0 spiro atoms. The van der Waals surface area contributed by atoms with Gasteiger partial charge in [0.25, 0.3) is 0 Å². The van der Waals surface area contributed by atoms with Crippen LogP contribution in [0.4, 0.5) is 10.5 Å². The fourth-order valence-electron chi connectivity index (χ4n) is 2.57. The quantitative estimate of drug-likeness (QED) is 0.910. The highest BCUT2D eigenvalue weighted by Gasteiger charge is 2.15. The van der Waals surface area contributed by atoms with Crippen LogP contribution < -0.4 is 10.6 Å². The van der Waals surface area contributed by atoms with Crippen LogP contribution >= 0.6 is 11.6 Å². The molecule has 3 rings (SSSR count). The van der Waals surface area contributed by atoms with Crippen LogP contribution in [0, 0.1) is 0 Å².